The van der Waals surface area contributed by atoms with E-state index in [9.17, 15) is 14.4 Å². The lowest BCUT2D eigenvalue weighted by Gasteiger charge is -2.37. The van der Waals surface area contributed by atoms with Gasteiger partial charge >= 0.3 is 0 Å². The zero-order valence-electron chi connectivity index (χ0n) is 22.6. The molecule has 3 atom stereocenters. The monoisotopic (exact) mass is 541 g/mol. The first-order chi connectivity index (χ1) is 20.0. The van der Waals surface area contributed by atoms with Crippen LogP contribution in [0.15, 0.2) is 103 Å². The highest BCUT2D eigenvalue weighted by molar-refractivity contribution is 6.32. The van der Waals surface area contributed by atoms with Gasteiger partial charge in [-0.25, -0.2) is 0 Å². The summed E-state index contributed by atoms with van der Waals surface area (Å²) in [6, 6.07) is 27.6. The molecule has 7 rings (SSSR count). The van der Waals surface area contributed by atoms with Gasteiger partial charge in [0.15, 0.2) is 17.3 Å². The number of rotatable bonds is 5. The number of carbonyl (C=O) groups excluding carboxylic acids is 3. The lowest BCUT2D eigenvalue weighted by molar-refractivity contribution is 0.0665. The highest BCUT2D eigenvalue weighted by Gasteiger charge is 2.71. The van der Waals surface area contributed by atoms with Crippen LogP contribution in [-0.2, 0) is 0 Å². The number of anilines is 1. The van der Waals surface area contributed by atoms with Crippen LogP contribution >= 0.6 is 0 Å². The van der Waals surface area contributed by atoms with Crippen LogP contribution < -0.4 is 14.4 Å². The Kier molecular flexibility index (Phi) is 5.68. The number of hydrogen-bond acceptors (Lipinski definition) is 6. The zero-order valence-corrected chi connectivity index (χ0v) is 22.6. The van der Waals surface area contributed by atoms with Gasteiger partial charge in [-0.15, -0.1) is 0 Å². The van der Waals surface area contributed by atoms with Crippen LogP contribution in [0, 0.1) is 5.41 Å². The van der Waals surface area contributed by atoms with E-state index in [2.05, 4.69) is 0 Å². The van der Waals surface area contributed by atoms with Crippen LogP contribution in [0.4, 0.5) is 5.69 Å². The highest BCUT2D eigenvalue weighted by atomic mass is 16.5. The molecule has 0 aromatic heterocycles. The van der Waals surface area contributed by atoms with E-state index in [1.165, 1.54) is 0 Å². The number of methoxy groups -OCH3 is 2. The summed E-state index contributed by atoms with van der Waals surface area (Å²) >= 11 is 0. The highest BCUT2D eigenvalue weighted by Crippen LogP contribution is 2.62. The van der Waals surface area contributed by atoms with Crippen LogP contribution in [0.25, 0.3) is 6.08 Å². The molecule has 2 aliphatic heterocycles. The van der Waals surface area contributed by atoms with Gasteiger partial charge in [0.05, 0.1) is 20.3 Å². The van der Waals surface area contributed by atoms with E-state index in [1.807, 2.05) is 65.6 Å². The Hall–Kier alpha value is -4.97. The van der Waals surface area contributed by atoms with E-state index in [-0.39, 0.29) is 17.3 Å². The van der Waals surface area contributed by atoms with Gasteiger partial charge in [0.1, 0.15) is 23.0 Å². The lowest BCUT2D eigenvalue weighted by atomic mass is 9.64. The lowest BCUT2D eigenvalue weighted by Crippen LogP contribution is -2.48. The summed E-state index contributed by atoms with van der Waals surface area (Å²) in [5, 5.41) is 0. The second-order valence-corrected chi connectivity index (χ2v) is 10.6. The van der Waals surface area contributed by atoms with Crippen molar-refractivity contribution in [3.05, 3.63) is 131 Å². The van der Waals surface area contributed by atoms with Gasteiger partial charge in [0, 0.05) is 39.9 Å². The summed E-state index contributed by atoms with van der Waals surface area (Å²) in [6.07, 6.45) is 3.88. The molecule has 6 nitrogen and oxygen atoms in total. The van der Waals surface area contributed by atoms with E-state index in [0.717, 1.165) is 11.3 Å². The Morgan fingerprint density at radius 2 is 1.44 bits per heavy atom. The number of ether oxygens (including phenoxy) is 2. The molecule has 3 aliphatic rings. The minimum Gasteiger partial charge on any atom is -0.497 e. The number of nitrogens with zero attached hydrogens (tertiary/aromatic N) is 1. The third kappa shape index (κ3) is 3.34. The maximum atomic E-state index is 14.8. The van der Waals surface area contributed by atoms with Crippen LogP contribution in [0.1, 0.15) is 48.1 Å². The van der Waals surface area contributed by atoms with Crippen molar-refractivity contribution in [1.82, 2.24) is 0 Å². The molecule has 1 aliphatic carbocycles. The van der Waals surface area contributed by atoms with Gasteiger partial charge in [0.25, 0.3) is 0 Å². The quantitative estimate of drug-likeness (QED) is 0.227. The summed E-state index contributed by atoms with van der Waals surface area (Å²) < 4.78 is 11.3. The van der Waals surface area contributed by atoms with Gasteiger partial charge in [0.2, 0.25) is 0 Å². The minimum absolute atomic E-state index is 0.169. The molecule has 0 bridgehead atoms. The molecule has 0 N–H and O–H groups in total. The van der Waals surface area contributed by atoms with E-state index >= 15 is 0 Å². The first kappa shape index (κ1) is 25.0. The molecule has 0 radical (unpaired) electrons. The Morgan fingerprint density at radius 1 is 0.780 bits per heavy atom. The Labute approximate surface area is 237 Å². The molecule has 0 saturated carbocycles. The Morgan fingerprint density at radius 3 is 2.12 bits per heavy atom. The van der Waals surface area contributed by atoms with E-state index in [0.29, 0.717) is 33.8 Å². The Bertz CT molecular complexity index is 1720. The number of ketones is 3. The van der Waals surface area contributed by atoms with Crippen molar-refractivity contribution in [2.75, 3.05) is 19.1 Å². The molecule has 4 aromatic rings. The van der Waals surface area contributed by atoms with Crippen molar-refractivity contribution >= 4 is 29.1 Å². The van der Waals surface area contributed by atoms with E-state index in [4.69, 9.17) is 9.47 Å². The standard InChI is InChI=1S/C35H27NO5/c1-40-23-17-18-26(28(20-23)41-2)30-31(32(37)22-11-4-3-5-12-22)36-27-15-9-6-10-21(27)16-19-29(36)35(30)33(38)24-13-7-8-14-25(24)34(35)39/h3-20,29-31H,1-2H3/t29-,30-,31+/m0/s1. The van der Waals surface area contributed by atoms with Crippen LogP contribution in [0.2, 0.25) is 0 Å². The van der Waals surface area contributed by atoms with Crippen LogP contribution in [-0.4, -0.2) is 43.7 Å². The fraction of sp³-hybridized carbons (Fsp3) is 0.171. The van der Waals surface area contributed by atoms with Crippen molar-refractivity contribution in [2.45, 2.75) is 18.0 Å². The number of Topliss-reactive ketones (excluding diaryl/α,β-unsaturated/α-hetero) is 3. The van der Waals surface area contributed by atoms with Gasteiger partial charge in [-0.1, -0.05) is 91.0 Å². The fourth-order valence-electron chi connectivity index (χ4n) is 7.11. The summed E-state index contributed by atoms with van der Waals surface area (Å²) in [5.74, 6) is -0.555. The first-order valence-corrected chi connectivity index (χ1v) is 13.6. The summed E-state index contributed by atoms with van der Waals surface area (Å²) in [7, 11) is 3.11. The van der Waals surface area contributed by atoms with Gasteiger partial charge in [-0.2, -0.15) is 0 Å². The summed E-state index contributed by atoms with van der Waals surface area (Å²) in [4.78, 5) is 46.2. The SMILES string of the molecule is COc1ccc([C@H]2[C@H](C(=O)c3ccccc3)N3c4ccccc4C=C[C@H]3C23C(=O)c2ccccc2C3=O)c(OC)c1. The van der Waals surface area contributed by atoms with Crippen molar-refractivity contribution in [3.63, 3.8) is 0 Å². The molecule has 6 heteroatoms. The number of benzene rings is 4. The molecule has 41 heavy (non-hydrogen) atoms. The smallest absolute Gasteiger partial charge is 0.185 e. The number of para-hydroxylation sites is 1. The van der Waals surface area contributed by atoms with Gasteiger partial charge < -0.3 is 14.4 Å². The second kappa shape index (κ2) is 9.30. The van der Waals surface area contributed by atoms with E-state index in [1.54, 1.807) is 62.8 Å². The molecular weight excluding hydrogens is 514 g/mol. The van der Waals surface area contributed by atoms with Crippen LogP contribution in [0.3, 0.4) is 0 Å². The number of carbonyl (C=O) groups is 3. The topological polar surface area (TPSA) is 72.9 Å². The number of fused-ring (bicyclic) bond motifs is 5. The normalized spacial score (nSPS) is 21.4. The molecular formula is C35H27NO5. The fourth-order valence-corrected chi connectivity index (χ4v) is 7.11. The predicted octanol–water partition coefficient (Wildman–Crippen LogP) is 6.02. The maximum absolute atomic E-state index is 14.8. The largest absolute Gasteiger partial charge is 0.497 e. The van der Waals surface area contributed by atoms with E-state index < -0.39 is 23.4 Å². The molecule has 0 unspecified atom stereocenters. The Balaban J connectivity index is 1.57. The number of hydrogen-bond donors (Lipinski definition) is 0. The third-order valence-electron chi connectivity index (χ3n) is 8.82. The van der Waals surface area contributed by atoms with Crippen molar-refractivity contribution < 1.29 is 23.9 Å². The second-order valence-electron chi connectivity index (χ2n) is 10.6. The molecule has 4 aromatic carbocycles. The maximum Gasteiger partial charge on any atom is 0.185 e. The molecule has 1 fully saturated rings. The summed E-state index contributed by atoms with van der Waals surface area (Å²) in [6.45, 7) is 0. The van der Waals surface area contributed by atoms with Crippen molar-refractivity contribution in [3.8, 4) is 11.5 Å². The van der Waals surface area contributed by atoms with Crippen LogP contribution in [0.5, 0.6) is 11.5 Å². The molecule has 1 saturated heterocycles. The average Bonchev–Trinajstić information content (AvgIpc) is 3.46. The molecule has 1 spiro atoms. The zero-order chi connectivity index (χ0) is 28.3. The van der Waals surface area contributed by atoms with Gasteiger partial charge in [-0.05, 0) is 17.7 Å². The average molecular weight is 542 g/mol. The van der Waals surface area contributed by atoms with Crippen molar-refractivity contribution in [1.29, 1.82) is 0 Å². The molecule has 0 amide bonds. The third-order valence-corrected chi connectivity index (χ3v) is 8.82. The van der Waals surface area contributed by atoms with Crippen molar-refractivity contribution in [2.24, 2.45) is 5.41 Å². The predicted molar refractivity (Wildman–Crippen MR) is 156 cm³/mol. The molecule has 2 heterocycles. The minimum atomic E-state index is -1.59. The summed E-state index contributed by atoms with van der Waals surface area (Å²) in [5.41, 5.74) is 2.02. The molecule has 202 valence electrons. The first-order valence-electron chi connectivity index (χ1n) is 13.6. The van der Waals surface area contributed by atoms with Gasteiger partial charge in [-0.3, -0.25) is 14.4 Å².